The van der Waals surface area contributed by atoms with Gasteiger partial charge in [0.2, 0.25) is 11.8 Å². The van der Waals surface area contributed by atoms with Gasteiger partial charge in [-0.1, -0.05) is 30.3 Å². The van der Waals surface area contributed by atoms with Gasteiger partial charge in [0, 0.05) is 6.54 Å². The maximum absolute atomic E-state index is 12.0. The van der Waals surface area contributed by atoms with E-state index in [9.17, 15) is 9.59 Å². The van der Waals surface area contributed by atoms with Crippen LogP contribution in [0.15, 0.2) is 30.3 Å². The van der Waals surface area contributed by atoms with E-state index in [0.29, 0.717) is 26.4 Å². The van der Waals surface area contributed by atoms with Gasteiger partial charge in [-0.2, -0.15) is 0 Å². The minimum absolute atomic E-state index is 0.0439. The SMILES string of the molecule is NC(=O)C1CN(C(=O)CCOCc2ccccc2)CCO1. The molecule has 114 valence electrons. The van der Waals surface area contributed by atoms with Gasteiger partial charge in [0.05, 0.1) is 32.8 Å². The number of benzene rings is 1. The summed E-state index contributed by atoms with van der Waals surface area (Å²) in [4.78, 5) is 24.7. The molecular weight excluding hydrogens is 272 g/mol. The Hall–Kier alpha value is -1.92. The van der Waals surface area contributed by atoms with E-state index in [1.54, 1.807) is 4.90 Å². The lowest BCUT2D eigenvalue weighted by atomic mass is 10.2. The molecule has 1 aromatic carbocycles. The number of amides is 2. The van der Waals surface area contributed by atoms with E-state index in [1.165, 1.54) is 0 Å². The van der Waals surface area contributed by atoms with Crippen LogP contribution >= 0.6 is 0 Å². The lowest BCUT2D eigenvalue weighted by Crippen LogP contribution is -2.50. The molecular formula is C15H20N2O4. The Morgan fingerprint density at radius 1 is 1.33 bits per heavy atom. The van der Waals surface area contributed by atoms with E-state index in [2.05, 4.69) is 0 Å². The number of morpholine rings is 1. The van der Waals surface area contributed by atoms with Crippen molar-refractivity contribution >= 4 is 11.8 Å². The summed E-state index contributed by atoms with van der Waals surface area (Å²) >= 11 is 0. The van der Waals surface area contributed by atoms with Crippen molar-refractivity contribution in [3.63, 3.8) is 0 Å². The molecule has 1 aromatic rings. The predicted molar refractivity (Wildman–Crippen MR) is 76.2 cm³/mol. The smallest absolute Gasteiger partial charge is 0.248 e. The Kier molecular flexibility index (Phi) is 5.71. The molecule has 0 bridgehead atoms. The van der Waals surface area contributed by atoms with Gasteiger partial charge < -0.3 is 20.1 Å². The predicted octanol–water partition coefficient (Wildman–Crippen LogP) is 0.306. The zero-order chi connectivity index (χ0) is 15.1. The second kappa shape index (κ2) is 7.75. The number of nitrogens with two attached hydrogens (primary N) is 1. The van der Waals surface area contributed by atoms with Crippen LogP contribution in [-0.4, -0.2) is 49.1 Å². The van der Waals surface area contributed by atoms with Crippen molar-refractivity contribution < 1.29 is 19.1 Å². The van der Waals surface area contributed by atoms with Crippen molar-refractivity contribution in [1.82, 2.24) is 4.90 Å². The third kappa shape index (κ3) is 4.84. The number of carbonyl (C=O) groups excluding carboxylic acids is 2. The highest BCUT2D eigenvalue weighted by Gasteiger charge is 2.27. The van der Waals surface area contributed by atoms with Crippen molar-refractivity contribution in [2.24, 2.45) is 5.73 Å². The van der Waals surface area contributed by atoms with E-state index in [1.807, 2.05) is 30.3 Å². The fourth-order valence-corrected chi connectivity index (χ4v) is 2.13. The van der Waals surface area contributed by atoms with E-state index < -0.39 is 12.0 Å². The van der Waals surface area contributed by atoms with Crippen LogP contribution in [0.3, 0.4) is 0 Å². The van der Waals surface area contributed by atoms with E-state index in [4.69, 9.17) is 15.2 Å². The van der Waals surface area contributed by atoms with Crippen LogP contribution in [0.25, 0.3) is 0 Å². The molecule has 0 saturated carbocycles. The number of carbonyl (C=O) groups is 2. The van der Waals surface area contributed by atoms with Crippen molar-refractivity contribution in [2.75, 3.05) is 26.3 Å². The largest absolute Gasteiger partial charge is 0.376 e. The lowest BCUT2D eigenvalue weighted by molar-refractivity contribution is -0.146. The number of hydrogen-bond donors (Lipinski definition) is 1. The van der Waals surface area contributed by atoms with Crippen LogP contribution in [-0.2, 0) is 25.7 Å². The summed E-state index contributed by atoms with van der Waals surface area (Å²) in [5.41, 5.74) is 6.26. The van der Waals surface area contributed by atoms with Crippen LogP contribution in [0, 0.1) is 0 Å². The Balaban J connectivity index is 1.68. The van der Waals surface area contributed by atoms with Crippen molar-refractivity contribution in [3.8, 4) is 0 Å². The van der Waals surface area contributed by atoms with Gasteiger partial charge >= 0.3 is 0 Å². The van der Waals surface area contributed by atoms with Crippen LogP contribution in [0.2, 0.25) is 0 Å². The second-order valence-electron chi connectivity index (χ2n) is 4.89. The molecule has 1 fully saturated rings. The number of hydrogen-bond acceptors (Lipinski definition) is 4. The summed E-state index contributed by atoms with van der Waals surface area (Å²) in [5.74, 6) is -0.578. The first-order valence-electron chi connectivity index (χ1n) is 6.97. The molecule has 0 radical (unpaired) electrons. The third-order valence-corrected chi connectivity index (χ3v) is 3.31. The summed E-state index contributed by atoms with van der Waals surface area (Å²) in [6.07, 6.45) is -0.411. The van der Waals surface area contributed by atoms with Gasteiger partial charge in [-0.05, 0) is 5.56 Å². The zero-order valence-electron chi connectivity index (χ0n) is 11.9. The highest BCUT2D eigenvalue weighted by Crippen LogP contribution is 2.07. The summed E-state index contributed by atoms with van der Waals surface area (Å²) < 4.78 is 10.7. The summed E-state index contributed by atoms with van der Waals surface area (Å²) in [6.45, 7) is 1.89. The standard InChI is InChI=1S/C15H20N2O4/c16-15(19)13-10-17(7-9-21-13)14(18)6-8-20-11-12-4-2-1-3-5-12/h1-5,13H,6-11H2,(H2,16,19). The van der Waals surface area contributed by atoms with Gasteiger partial charge in [0.1, 0.15) is 0 Å². The minimum Gasteiger partial charge on any atom is -0.376 e. The van der Waals surface area contributed by atoms with Gasteiger partial charge in [0.15, 0.2) is 6.10 Å². The van der Waals surface area contributed by atoms with Crippen LogP contribution < -0.4 is 5.73 Å². The van der Waals surface area contributed by atoms with Crippen molar-refractivity contribution in [3.05, 3.63) is 35.9 Å². The summed E-state index contributed by atoms with van der Waals surface area (Å²) in [5, 5.41) is 0. The molecule has 1 aliphatic rings. The summed E-state index contributed by atoms with van der Waals surface area (Å²) in [7, 11) is 0. The molecule has 0 aromatic heterocycles. The molecule has 2 amide bonds. The summed E-state index contributed by atoms with van der Waals surface area (Å²) in [6, 6.07) is 9.78. The first-order valence-corrected chi connectivity index (χ1v) is 6.97. The zero-order valence-corrected chi connectivity index (χ0v) is 11.9. The van der Waals surface area contributed by atoms with E-state index >= 15 is 0 Å². The van der Waals surface area contributed by atoms with Crippen molar-refractivity contribution in [2.45, 2.75) is 19.1 Å². The molecule has 2 N–H and O–H groups in total. The molecule has 1 aliphatic heterocycles. The quantitative estimate of drug-likeness (QED) is 0.765. The maximum atomic E-state index is 12.0. The number of primary amides is 1. The van der Waals surface area contributed by atoms with Crippen LogP contribution in [0.5, 0.6) is 0 Å². The maximum Gasteiger partial charge on any atom is 0.248 e. The van der Waals surface area contributed by atoms with E-state index in [-0.39, 0.29) is 18.9 Å². The van der Waals surface area contributed by atoms with Crippen molar-refractivity contribution in [1.29, 1.82) is 0 Å². The van der Waals surface area contributed by atoms with Gasteiger partial charge in [-0.15, -0.1) is 0 Å². The topological polar surface area (TPSA) is 81.9 Å². The average Bonchev–Trinajstić information content (AvgIpc) is 2.52. The molecule has 0 aliphatic carbocycles. The van der Waals surface area contributed by atoms with Gasteiger partial charge in [-0.3, -0.25) is 9.59 Å². The fourth-order valence-electron chi connectivity index (χ4n) is 2.13. The molecule has 2 rings (SSSR count). The first-order chi connectivity index (χ1) is 10.2. The van der Waals surface area contributed by atoms with Crippen LogP contribution in [0.4, 0.5) is 0 Å². The Morgan fingerprint density at radius 3 is 2.81 bits per heavy atom. The Bertz CT molecular complexity index is 478. The molecule has 1 heterocycles. The van der Waals surface area contributed by atoms with Crippen LogP contribution in [0.1, 0.15) is 12.0 Å². The number of nitrogens with zero attached hydrogens (tertiary/aromatic N) is 1. The lowest BCUT2D eigenvalue weighted by Gasteiger charge is -2.31. The highest BCUT2D eigenvalue weighted by atomic mass is 16.5. The third-order valence-electron chi connectivity index (χ3n) is 3.31. The average molecular weight is 292 g/mol. The number of rotatable bonds is 6. The fraction of sp³-hybridized carbons (Fsp3) is 0.467. The Labute approximate surface area is 123 Å². The van der Waals surface area contributed by atoms with Gasteiger partial charge in [0.25, 0.3) is 0 Å². The molecule has 21 heavy (non-hydrogen) atoms. The second-order valence-corrected chi connectivity index (χ2v) is 4.89. The molecule has 6 nitrogen and oxygen atoms in total. The molecule has 1 atom stereocenters. The van der Waals surface area contributed by atoms with E-state index in [0.717, 1.165) is 5.56 Å². The molecule has 1 unspecified atom stereocenters. The highest BCUT2D eigenvalue weighted by molar-refractivity contribution is 5.81. The minimum atomic E-state index is -0.701. The first kappa shape index (κ1) is 15.5. The normalized spacial score (nSPS) is 18.5. The molecule has 0 spiro atoms. The molecule has 1 saturated heterocycles. The Morgan fingerprint density at radius 2 is 2.10 bits per heavy atom. The number of ether oxygens (including phenoxy) is 2. The van der Waals surface area contributed by atoms with Gasteiger partial charge in [-0.25, -0.2) is 0 Å². The monoisotopic (exact) mass is 292 g/mol. The molecule has 6 heteroatoms.